The van der Waals surface area contributed by atoms with Crippen molar-refractivity contribution in [1.82, 2.24) is 10.6 Å². The third kappa shape index (κ3) is 5.43. The van der Waals surface area contributed by atoms with E-state index in [0.29, 0.717) is 12.5 Å². The van der Waals surface area contributed by atoms with Crippen LogP contribution in [0.1, 0.15) is 44.0 Å². The van der Waals surface area contributed by atoms with Crippen LogP contribution in [-0.4, -0.2) is 18.5 Å². The fraction of sp³-hybridized carbons (Fsp3) is 0.333. The predicted molar refractivity (Wildman–Crippen MR) is 102 cm³/mol. The molecule has 0 aliphatic heterocycles. The normalized spacial score (nSPS) is 13.1. The van der Waals surface area contributed by atoms with Crippen molar-refractivity contribution in [1.29, 1.82) is 0 Å². The predicted octanol–water partition coefficient (Wildman–Crippen LogP) is 2.53. The molecule has 0 fully saturated rings. The highest BCUT2D eigenvalue weighted by Crippen LogP contribution is 2.19. The highest BCUT2D eigenvalue weighted by Gasteiger charge is 2.31. The maximum Gasteiger partial charge on any atom is 0.321 e. The number of hydrogen-bond donors (Lipinski definition) is 3. The zero-order valence-corrected chi connectivity index (χ0v) is 15.6. The van der Waals surface area contributed by atoms with Gasteiger partial charge in [0.05, 0.1) is 0 Å². The molecule has 0 radical (unpaired) electrons. The van der Waals surface area contributed by atoms with E-state index in [2.05, 4.69) is 36.6 Å². The first kappa shape index (κ1) is 19.7. The van der Waals surface area contributed by atoms with Gasteiger partial charge in [-0.2, -0.15) is 0 Å². The minimum atomic E-state index is -0.508. The Morgan fingerprint density at radius 3 is 1.96 bits per heavy atom. The van der Waals surface area contributed by atoms with Crippen molar-refractivity contribution < 1.29 is 14.9 Å². The number of quaternary nitrogens is 1. The van der Waals surface area contributed by atoms with Gasteiger partial charge in [-0.15, -0.1) is 0 Å². The number of hydrogen-bond acceptors (Lipinski definition) is 2. The van der Waals surface area contributed by atoms with E-state index in [1.54, 1.807) is 0 Å². The standard InChI is InChI=1S/C21H27N3O2/c1-4-22-21(26)24-20(25)19(17-13-9-6-10-14-17)23-18(15(2)3)16-11-7-5-8-12-16/h5-15,18-19,23H,4H2,1-3H3,(H2,22,24,25,26)/p+1/t18-,19-/m1/s1. The monoisotopic (exact) mass is 354 g/mol. The lowest BCUT2D eigenvalue weighted by atomic mass is 9.94. The van der Waals surface area contributed by atoms with E-state index in [0.717, 1.165) is 11.1 Å². The molecule has 2 rings (SSSR count). The topological polar surface area (TPSA) is 74.8 Å². The second kappa shape index (κ2) is 9.73. The first-order chi connectivity index (χ1) is 12.5. The number of urea groups is 1. The average Bonchev–Trinajstić information content (AvgIpc) is 2.63. The Kier molecular flexibility index (Phi) is 7.36. The molecule has 3 amide bonds. The summed E-state index contributed by atoms with van der Waals surface area (Å²) in [5, 5.41) is 7.11. The van der Waals surface area contributed by atoms with Crippen LogP contribution in [0.5, 0.6) is 0 Å². The summed E-state index contributed by atoms with van der Waals surface area (Å²) >= 11 is 0. The van der Waals surface area contributed by atoms with Crippen molar-refractivity contribution in [3.05, 3.63) is 71.8 Å². The summed E-state index contributed by atoms with van der Waals surface area (Å²) in [4.78, 5) is 24.6. The summed E-state index contributed by atoms with van der Waals surface area (Å²) in [6.07, 6.45) is 0. The summed E-state index contributed by atoms with van der Waals surface area (Å²) in [6.45, 7) is 6.56. The van der Waals surface area contributed by atoms with Crippen LogP contribution in [0.2, 0.25) is 0 Å². The highest BCUT2D eigenvalue weighted by molar-refractivity contribution is 5.96. The summed E-state index contributed by atoms with van der Waals surface area (Å²) < 4.78 is 0. The van der Waals surface area contributed by atoms with Crippen LogP contribution >= 0.6 is 0 Å². The minimum absolute atomic E-state index is 0.0985. The zero-order chi connectivity index (χ0) is 18.9. The summed E-state index contributed by atoms with van der Waals surface area (Å²) in [7, 11) is 0. The maximum atomic E-state index is 12.8. The van der Waals surface area contributed by atoms with Crippen LogP contribution < -0.4 is 16.0 Å². The van der Waals surface area contributed by atoms with Crippen LogP contribution in [-0.2, 0) is 4.79 Å². The first-order valence-corrected chi connectivity index (χ1v) is 9.06. The molecule has 26 heavy (non-hydrogen) atoms. The van der Waals surface area contributed by atoms with Crippen molar-refractivity contribution in [3.63, 3.8) is 0 Å². The molecule has 5 heteroatoms. The van der Waals surface area contributed by atoms with Crippen LogP contribution in [0.15, 0.2) is 60.7 Å². The van der Waals surface area contributed by atoms with E-state index in [1.165, 1.54) is 0 Å². The summed E-state index contributed by atoms with van der Waals surface area (Å²) in [5.74, 6) is 0.00427. The molecule has 0 bridgehead atoms. The largest absolute Gasteiger partial charge is 0.338 e. The van der Waals surface area contributed by atoms with Gasteiger partial charge in [0, 0.05) is 23.6 Å². The molecule has 0 saturated heterocycles. The smallest absolute Gasteiger partial charge is 0.321 e. The van der Waals surface area contributed by atoms with E-state index in [-0.39, 0.29) is 11.9 Å². The molecule has 0 unspecified atom stereocenters. The van der Waals surface area contributed by atoms with Crippen LogP contribution in [0.4, 0.5) is 4.79 Å². The second-order valence-corrected chi connectivity index (χ2v) is 6.61. The quantitative estimate of drug-likeness (QED) is 0.715. The molecular formula is C21H28N3O2+. The van der Waals surface area contributed by atoms with Gasteiger partial charge in [0.2, 0.25) is 0 Å². The SMILES string of the molecule is CCNC(=O)NC(=O)[C@H]([NH2+][C@@H](c1ccccc1)C(C)C)c1ccccc1. The molecule has 5 nitrogen and oxygen atoms in total. The molecule has 0 saturated carbocycles. The molecule has 4 N–H and O–H groups in total. The van der Waals surface area contributed by atoms with Gasteiger partial charge in [-0.3, -0.25) is 10.1 Å². The number of carbonyl (C=O) groups excluding carboxylic acids is 2. The van der Waals surface area contributed by atoms with Crippen LogP contribution in [0.3, 0.4) is 0 Å². The third-order valence-corrected chi connectivity index (χ3v) is 4.32. The Morgan fingerprint density at radius 1 is 0.923 bits per heavy atom. The average molecular weight is 354 g/mol. The third-order valence-electron chi connectivity index (χ3n) is 4.32. The lowest BCUT2D eigenvalue weighted by Gasteiger charge is -2.25. The fourth-order valence-corrected chi connectivity index (χ4v) is 3.01. The minimum Gasteiger partial charge on any atom is -0.338 e. The Balaban J connectivity index is 2.28. The molecular weight excluding hydrogens is 326 g/mol. The van der Waals surface area contributed by atoms with Gasteiger partial charge in [-0.1, -0.05) is 74.5 Å². The highest BCUT2D eigenvalue weighted by atomic mass is 16.2. The summed E-state index contributed by atoms with van der Waals surface area (Å²) in [5.41, 5.74) is 2.03. The van der Waals surface area contributed by atoms with Crippen molar-refractivity contribution in [2.45, 2.75) is 32.9 Å². The molecule has 0 aliphatic rings. The number of rotatable bonds is 7. The molecule has 2 aromatic rings. The second-order valence-electron chi connectivity index (χ2n) is 6.61. The molecule has 2 atom stereocenters. The Labute approximate surface area is 155 Å². The maximum absolute atomic E-state index is 12.8. The first-order valence-electron chi connectivity index (χ1n) is 9.06. The number of amides is 3. The Bertz CT molecular complexity index is 702. The van der Waals surface area contributed by atoms with E-state index in [1.807, 2.05) is 60.8 Å². The van der Waals surface area contributed by atoms with Gasteiger partial charge in [0.15, 0.2) is 6.04 Å². The number of carbonyl (C=O) groups is 2. The summed E-state index contributed by atoms with van der Waals surface area (Å²) in [6, 6.07) is 18.8. The number of nitrogens with one attached hydrogen (secondary N) is 2. The molecule has 0 spiro atoms. The van der Waals surface area contributed by atoms with Crippen LogP contribution in [0.25, 0.3) is 0 Å². The van der Waals surface area contributed by atoms with E-state index in [4.69, 9.17) is 0 Å². The zero-order valence-electron chi connectivity index (χ0n) is 15.6. The molecule has 0 heterocycles. The Hall–Kier alpha value is -2.66. The van der Waals surface area contributed by atoms with Crippen LogP contribution in [0, 0.1) is 5.92 Å². The Morgan fingerprint density at radius 2 is 1.46 bits per heavy atom. The van der Waals surface area contributed by atoms with Gasteiger partial charge in [0.25, 0.3) is 5.91 Å². The number of imide groups is 1. The van der Waals surface area contributed by atoms with Crippen molar-refractivity contribution in [3.8, 4) is 0 Å². The number of nitrogens with two attached hydrogens (primary N) is 1. The molecule has 138 valence electrons. The number of benzene rings is 2. The van der Waals surface area contributed by atoms with Gasteiger partial charge in [-0.05, 0) is 6.92 Å². The van der Waals surface area contributed by atoms with E-state index < -0.39 is 12.1 Å². The van der Waals surface area contributed by atoms with Gasteiger partial charge >= 0.3 is 6.03 Å². The molecule has 0 aliphatic carbocycles. The lowest BCUT2D eigenvalue weighted by Crippen LogP contribution is -2.89. The fourth-order valence-electron chi connectivity index (χ4n) is 3.01. The van der Waals surface area contributed by atoms with Crippen molar-refractivity contribution in [2.75, 3.05) is 6.54 Å². The molecule has 0 aromatic heterocycles. The molecule has 2 aromatic carbocycles. The van der Waals surface area contributed by atoms with E-state index in [9.17, 15) is 9.59 Å². The van der Waals surface area contributed by atoms with Gasteiger partial charge in [0.1, 0.15) is 6.04 Å². The van der Waals surface area contributed by atoms with Crippen molar-refractivity contribution in [2.24, 2.45) is 5.92 Å². The van der Waals surface area contributed by atoms with Gasteiger partial charge < -0.3 is 10.6 Å². The van der Waals surface area contributed by atoms with Gasteiger partial charge in [-0.25, -0.2) is 4.79 Å². The lowest BCUT2D eigenvalue weighted by molar-refractivity contribution is -0.728. The van der Waals surface area contributed by atoms with E-state index >= 15 is 0 Å². The van der Waals surface area contributed by atoms with Crippen molar-refractivity contribution >= 4 is 11.9 Å².